The molecular weight excluding hydrogens is 314 g/mol. The Morgan fingerprint density at radius 3 is 2.87 bits per heavy atom. The molecule has 1 fully saturated rings. The fourth-order valence-corrected chi connectivity index (χ4v) is 3.00. The van der Waals surface area contributed by atoms with Crippen LogP contribution in [0, 0.1) is 5.92 Å². The molecule has 1 aliphatic rings. The summed E-state index contributed by atoms with van der Waals surface area (Å²) in [4.78, 5) is 22.2. The number of methoxy groups -OCH3 is 1. The van der Waals surface area contributed by atoms with Crippen molar-refractivity contribution in [3.05, 3.63) is 52.9 Å². The molecule has 0 N–H and O–H groups in total. The molecular formula is C17H18ClN3O2. The van der Waals surface area contributed by atoms with E-state index in [0.29, 0.717) is 5.92 Å². The summed E-state index contributed by atoms with van der Waals surface area (Å²) in [5, 5.41) is 0.761. The fraction of sp³-hybridized carbons (Fsp3) is 0.353. The maximum atomic E-state index is 11.6. The van der Waals surface area contributed by atoms with E-state index in [4.69, 9.17) is 16.3 Å². The van der Waals surface area contributed by atoms with E-state index in [-0.39, 0.29) is 5.69 Å². The molecule has 1 aromatic carbocycles. The summed E-state index contributed by atoms with van der Waals surface area (Å²) in [6.45, 7) is 1.82. The van der Waals surface area contributed by atoms with Gasteiger partial charge in [0.25, 0.3) is 0 Å². The Kier molecular flexibility index (Phi) is 4.76. The van der Waals surface area contributed by atoms with Crippen LogP contribution in [0.25, 0.3) is 0 Å². The van der Waals surface area contributed by atoms with Gasteiger partial charge in [-0.2, -0.15) is 0 Å². The Labute approximate surface area is 140 Å². The highest BCUT2D eigenvalue weighted by atomic mass is 35.5. The lowest BCUT2D eigenvalue weighted by molar-refractivity contribution is 0.0593. The first kappa shape index (κ1) is 15.7. The largest absolute Gasteiger partial charge is 0.464 e. The molecule has 5 nitrogen and oxygen atoms in total. The zero-order chi connectivity index (χ0) is 16.2. The summed E-state index contributed by atoms with van der Waals surface area (Å²) in [5.41, 5.74) is 1.53. The highest BCUT2D eigenvalue weighted by Crippen LogP contribution is 2.25. The van der Waals surface area contributed by atoms with Crippen LogP contribution in [0.3, 0.4) is 0 Å². The van der Waals surface area contributed by atoms with Crippen molar-refractivity contribution >= 4 is 23.4 Å². The van der Waals surface area contributed by atoms with E-state index in [2.05, 4.69) is 27.0 Å². The number of rotatable bonds is 4. The van der Waals surface area contributed by atoms with Crippen LogP contribution in [0.5, 0.6) is 0 Å². The molecule has 0 aliphatic carbocycles. The standard InChI is InChI=1S/C17H18ClN3O2/c1-23-17(22)15-9-19-10-16(20-15)21-7-6-13(11-21)8-12-2-4-14(18)5-3-12/h2-5,9-10,13H,6-8,11H2,1H3. The van der Waals surface area contributed by atoms with Crippen LogP contribution in [0.1, 0.15) is 22.5 Å². The highest BCUT2D eigenvalue weighted by Gasteiger charge is 2.24. The molecule has 120 valence electrons. The number of carbonyl (C=O) groups is 1. The molecule has 2 aromatic rings. The quantitative estimate of drug-likeness (QED) is 0.806. The lowest BCUT2D eigenvalue weighted by Gasteiger charge is -2.17. The summed E-state index contributed by atoms with van der Waals surface area (Å²) in [6, 6.07) is 8.00. The number of carbonyl (C=O) groups excluding carboxylic acids is 1. The van der Waals surface area contributed by atoms with Crippen molar-refractivity contribution < 1.29 is 9.53 Å². The van der Waals surface area contributed by atoms with Gasteiger partial charge in [-0.05, 0) is 36.5 Å². The van der Waals surface area contributed by atoms with Crippen molar-refractivity contribution in [2.45, 2.75) is 12.8 Å². The molecule has 3 rings (SSSR count). The number of anilines is 1. The van der Waals surface area contributed by atoms with Gasteiger partial charge in [0.2, 0.25) is 0 Å². The maximum Gasteiger partial charge on any atom is 0.358 e. The molecule has 23 heavy (non-hydrogen) atoms. The SMILES string of the molecule is COC(=O)c1cncc(N2CCC(Cc3ccc(Cl)cc3)C2)n1. The third-order valence-corrected chi connectivity index (χ3v) is 4.32. The van der Waals surface area contributed by atoms with Gasteiger partial charge in [-0.25, -0.2) is 9.78 Å². The first-order valence-corrected chi connectivity index (χ1v) is 7.93. The lowest BCUT2D eigenvalue weighted by atomic mass is 9.99. The van der Waals surface area contributed by atoms with Crippen LogP contribution in [0.4, 0.5) is 5.82 Å². The Hall–Kier alpha value is -2.14. The second-order valence-electron chi connectivity index (χ2n) is 5.69. The van der Waals surface area contributed by atoms with Gasteiger partial charge in [-0.1, -0.05) is 23.7 Å². The minimum Gasteiger partial charge on any atom is -0.464 e. The summed E-state index contributed by atoms with van der Waals surface area (Å²) >= 11 is 5.92. The molecule has 1 aromatic heterocycles. The lowest BCUT2D eigenvalue weighted by Crippen LogP contribution is -2.22. The van der Waals surface area contributed by atoms with Gasteiger partial charge >= 0.3 is 5.97 Å². The minimum atomic E-state index is -0.462. The van der Waals surface area contributed by atoms with Gasteiger partial charge in [0.15, 0.2) is 5.69 Å². The van der Waals surface area contributed by atoms with E-state index in [1.165, 1.54) is 18.9 Å². The summed E-state index contributed by atoms with van der Waals surface area (Å²) < 4.78 is 4.69. The molecule has 1 saturated heterocycles. The number of ether oxygens (including phenoxy) is 1. The van der Waals surface area contributed by atoms with Crippen LogP contribution in [-0.2, 0) is 11.2 Å². The molecule has 1 aliphatic heterocycles. The summed E-state index contributed by atoms with van der Waals surface area (Å²) in [7, 11) is 1.34. The van der Waals surface area contributed by atoms with Crippen molar-refractivity contribution in [2.24, 2.45) is 5.92 Å². The number of hydrogen-bond acceptors (Lipinski definition) is 5. The van der Waals surface area contributed by atoms with E-state index in [1.54, 1.807) is 6.20 Å². The fourth-order valence-electron chi connectivity index (χ4n) is 2.87. The van der Waals surface area contributed by atoms with Gasteiger partial charge in [0.1, 0.15) is 5.82 Å². The average Bonchev–Trinajstić information content (AvgIpc) is 3.05. The van der Waals surface area contributed by atoms with Gasteiger partial charge in [0, 0.05) is 18.1 Å². The number of hydrogen-bond donors (Lipinski definition) is 0. The van der Waals surface area contributed by atoms with Gasteiger partial charge in [-0.15, -0.1) is 0 Å². The van der Waals surface area contributed by atoms with Gasteiger partial charge in [-0.3, -0.25) is 4.98 Å². The van der Waals surface area contributed by atoms with Crippen LogP contribution < -0.4 is 4.90 Å². The van der Waals surface area contributed by atoms with E-state index in [9.17, 15) is 4.79 Å². The molecule has 1 unspecified atom stereocenters. The van der Waals surface area contributed by atoms with Crippen molar-refractivity contribution in [3.8, 4) is 0 Å². The topological polar surface area (TPSA) is 55.3 Å². The Bertz CT molecular complexity index is 690. The van der Waals surface area contributed by atoms with Crippen LogP contribution in [0.15, 0.2) is 36.7 Å². The monoisotopic (exact) mass is 331 g/mol. The van der Waals surface area contributed by atoms with Crippen molar-refractivity contribution in [2.75, 3.05) is 25.1 Å². The predicted molar refractivity (Wildman–Crippen MR) is 88.8 cm³/mol. The smallest absolute Gasteiger partial charge is 0.358 e. The second-order valence-corrected chi connectivity index (χ2v) is 6.12. The molecule has 0 bridgehead atoms. The van der Waals surface area contributed by atoms with E-state index < -0.39 is 5.97 Å². The maximum absolute atomic E-state index is 11.6. The number of esters is 1. The molecule has 0 saturated carbocycles. The first-order valence-electron chi connectivity index (χ1n) is 7.55. The summed E-state index contributed by atoms with van der Waals surface area (Å²) in [6.07, 6.45) is 5.22. The zero-order valence-electron chi connectivity index (χ0n) is 12.9. The van der Waals surface area contributed by atoms with E-state index >= 15 is 0 Å². The van der Waals surface area contributed by atoms with Gasteiger partial charge in [0.05, 0.1) is 19.5 Å². The van der Waals surface area contributed by atoms with Gasteiger partial charge < -0.3 is 9.64 Å². The third-order valence-electron chi connectivity index (χ3n) is 4.06. The number of aromatic nitrogens is 2. The predicted octanol–water partition coefficient (Wildman–Crippen LogP) is 2.99. The molecule has 2 heterocycles. The van der Waals surface area contributed by atoms with Crippen molar-refractivity contribution in [1.82, 2.24) is 9.97 Å². The van der Waals surface area contributed by atoms with E-state index in [0.717, 1.165) is 36.8 Å². The van der Waals surface area contributed by atoms with E-state index in [1.807, 2.05) is 12.1 Å². The Balaban J connectivity index is 1.65. The average molecular weight is 332 g/mol. The molecule has 0 spiro atoms. The highest BCUT2D eigenvalue weighted by molar-refractivity contribution is 6.30. The number of benzene rings is 1. The molecule has 0 radical (unpaired) electrons. The number of halogens is 1. The Morgan fingerprint density at radius 2 is 2.13 bits per heavy atom. The third kappa shape index (κ3) is 3.79. The first-order chi connectivity index (χ1) is 11.2. The number of nitrogens with zero attached hydrogens (tertiary/aromatic N) is 3. The van der Waals surface area contributed by atoms with Crippen LogP contribution in [0.2, 0.25) is 5.02 Å². The van der Waals surface area contributed by atoms with Crippen molar-refractivity contribution in [1.29, 1.82) is 0 Å². The van der Waals surface area contributed by atoms with Crippen molar-refractivity contribution in [3.63, 3.8) is 0 Å². The minimum absolute atomic E-state index is 0.242. The second kappa shape index (κ2) is 6.96. The Morgan fingerprint density at radius 1 is 1.35 bits per heavy atom. The molecule has 0 amide bonds. The normalized spacial score (nSPS) is 17.3. The summed E-state index contributed by atoms with van der Waals surface area (Å²) in [5.74, 6) is 0.822. The zero-order valence-corrected chi connectivity index (χ0v) is 13.7. The van der Waals surface area contributed by atoms with Crippen LogP contribution in [-0.4, -0.2) is 36.1 Å². The molecule has 1 atom stereocenters. The van der Waals surface area contributed by atoms with Crippen LogP contribution >= 0.6 is 11.6 Å². The molecule has 6 heteroatoms.